The Morgan fingerprint density at radius 3 is 1.91 bits per heavy atom. The van der Waals surface area contributed by atoms with E-state index in [0.717, 1.165) is 49.8 Å². The minimum atomic E-state index is 0.520. The Morgan fingerprint density at radius 1 is 0.781 bits per heavy atom. The van der Waals surface area contributed by atoms with Crippen LogP contribution in [0.15, 0.2) is 69.2 Å². The molecule has 0 aliphatic rings. The molecular weight excluding hydrogens is 396 g/mol. The van der Waals surface area contributed by atoms with E-state index in [0.29, 0.717) is 11.8 Å². The van der Waals surface area contributed by atoms with Gasteiger partial charge in [0.15, 0.2) is 0 Å². The predicted molar refractivity (Wildman–Crippen MR) is 135 cm³/mol. The van der Waals surface area contributed by atoms with Crippen LogP contribution < -0.4 is 4.74 Å². The first kappa shape index (κ1) is 25.4. The highest BCUT2D eigenvalue weighted by Gasteiger charge is 2.07. The predicted octanol–water partition coefficient (Wildman–Crippen LogP) is 8.35. The van der Waals surface area contributed by atoms with Crippen molar-refractivity contribution in [3.05, 3.63) is 70.7 Å². The summed E-state index contributed by atoms with van der Waals surface area (Å²) in [7, 11) is 1.65. The van der Waals surface area contributed by atoms with Crippen LogP contribution in [0.2, 0.25) is 0 Å². The standard InChI is InChI=1S/C28H38N2O2/c1-21(2)10-7-11-22(3)12-8-13-23(4)14-9-15-24(5)20-27-29-30-28(32-27)25-16-18-26(31-6)19-17-25/h10,12,14,16-20H,7-9,11,13,15H2,1-6H3/b22-12+,23-14+,24-20+. The zero-order valence-electron chi connectivity index (χ0n) is 20.6. The Kier molecular flexibility index (Phi) is 10.7. The third kappa shape index (κ3) is 9.51. The van der Waals surface area contributed by atoms with E-state index in [4.69, 9.17) is 9.15 Å². The number of benzene rings is 1. The van der Waals surface area contributed by atoms with Crippen molar-refractivity contribution in [2.24, 2.45) is 0 Å². The molecule has 0 radical (unpaired) electrons. The molecule has 0 spiro atoms. The molecule has 0 saturated carbocycles. The monoisotopic (exact) mass is 434 g/mol. The highest BCUT2D eigenvalue weighted by molar-refractivity contribution is 5.55. The number of allylic oxidation sites excluding steroid dienone is 7. The summed E-state index contributed by atoms with van der Waals surface area (Å²) in [5.41, 5.74) is 6.45. The first-order valence-electron chi connectivity index (χ1n) is 11.5. The van der Waals surface area contributed by atoms with Gasteiger partial charge in [-0.25, -0.2) is 0 Å². The van der Waals surface area contributed by atoms with Gasteiger partial charge < -0.3 is 9.15 Å². The summed E-state index contributed by atoms with van der Waals surface area (Å²) < 4.78 is 11.0. The van der Waals surface area contributed by atoms with Gasteiger partial charge >= 0.3 is 0 Å². The van der Waals surface area contributed by atoms with E-state index >= 15 is 0 Å². The summed E-state index contributed by atoms with van der Waals surface area (Å²) in [6, 6.07) is 7.60. The average Bonchev–Trinajstić information content (AvgIpc) is 3.22. The van der Waals surface area contributed by atoms with Gasteiger partial charge in [0, 0.05) is 11.6 Å². The molecule has 0 atom stereocenters. The van der Waals surface area contributed by atoms with Gasteiger partial charge in [-0.15, -0.1) is 10.2 Å². The molecule has 0 bridgehead atoms. The van der Waals surface area contributed by atoms with E-state index < -0.39 is 0 Å². The molecule has 0 aliphatic carbocycles. The number of hydrogen-bond acceptors (Lipinski definition) is 4. The number of hydrogen-bond donors (Lipinski definition) is 0. The van der Waals surface area contributed by atoms with Crippen LogP contribution >= 0.6 is 0 Å². The highest BCUT2D eigenvalue weighted by atomic mass is 16.5. The van der Waals surface area contributed by atoms with Crippen molar-refractivity contribution in [1.29, 1.82) is 0 Å². The van der Waals surface area contributed by atoms with Crippen molar-refractivity contribution in [3.63, 3.8) is 0 Å². The molecule has 4 nitrogen and oxygen atoms in total. The lowest BCUT2D eigenvalue weighted by molar-refractivity contribution is 0.415. The van der Waals surface area contributed by atoms with Crippen LogP contribution in [0.25, 0.3) is 17.5 Å². The lowest BCUT2D eigenvalue weighted by atomic mass is 10.0. The molecule has 1 aromatic heterocycles. The fourth-order valence-corrected chi connectivity index (χ4v) is 3.31. The fourth-order valence-electron chi connectivity index (χ4n) is 3.31. The van der Waals surface area contributed by atoms with Gasteiger partial charge in [-0.3, -0.25) is 0 Å². The maximum Gasteiger partial charge on any atom is 0.248 e. The first-order valence-corrected chi connectivity index (χ1v) is 11.5. The van der Waals surface area contributed by atoms with E-state index in [9.17, 15) is 0 Å². The summed E-state index contributed by atoms with van der Waals surface area (Å²) in [6.45, 7) is 10.9. The molecule has 0 fully saturated rings. The number of ether oxygens (including phenoxy) is 1. The van der Waals surface area contributed by atoms with Crippen LogP contribution in [0.3, 0.4) is 0 Å². The summed E-state index contributed by atoms with van der Waals surface area (Å²) in [5, 5.41) is 8.31. The summed E-state index contributed by atoms with van der Waals surface area (Å²) in [6.07, 6.45) is 15.6. The fraction of sp³-hybridized carbons (Fsp3) is 0.429. The zero-order chi connectivity index (χ0) is 23.3. The lowest BCUT2D eigenvalue weighted by Gasteiger charge is -2.02. The SMILES string of the molecule is COc1ccc(-c2nnc(/C=C(\C)CC/C=C(\C)CC/C=C(\C)CCC=C(C)C)o2)cc1. The van der Waals surface area contributed by atoms with Crippen molar-refractivity contribution in [3.8, 4) is 17.2 Å². The van der Waals surface area contributed by atoms with E-state index in [1.165, 1.54) is 22.3 Å². The van der Waals surface area contributed by atoms with Gasteiger partial charge in [-0.05, 0) is 97.4 Å². The van der Waals surface area contributed by atoms with Gasteiger partial charge in [0.2, 0.25) is 11.8 Å². The van der Waals surface area contributed by atoms with Crippen molar-refractivity contribution in [2.75, 3.05) is 7.11 Å². The molecule has 0 amide bonds. The first-order chi connectivity index (χ1) is 15.4. The Hall–Kier alpha value is -2.88. The lowest BCUT2D eigenvalue weighted by Crippen LogP contribution is -1.82. The molecular formula is C28H38N2O2. The van der Waals surface area contributed by atoms with Crippen LogP contribution in [-0.2, 0) is 0 Å². The van der Waals surface area contributed by atoms with Crippen LogP contribution in [0, 0.1) is 0 Å². The minimum absolute atomic E-state index is 0.520. The van der Waals surface area contributed by atoms with Crippen molar-refractivity contribution < 1.29 is 9.15 Å². The summed E-state index contributed by atoms with van der Waals surface area (Å²) in [5.74, 6) is 1.87. The van der Waals surface area contributed by atoms with E-state index in [1.54, 1.807) is 7.11 Å². The third-order valence-corrected chi connectivity index (χ3v) is 5.30. The average molecular weight is 435 g/mol. The second-order valence-corrected chi connectivity index (χ2v) is 8.66. The molecule has 0 aliphatic heterocycles. The van der Waals surface area contributed by atoms with Crippen LogP contribution in [0.5, 0.6) is 5.75 Å². The van der Waals surface area contributed by atoms with Gasteiger partial charge in [-0.1, -0.05) is 40.5 Å². The van der Waals surface area contributed by atoms with Crippen LogP contribution in [0.4, 0.5) is 0 Å². The van der Waals surface area contributed by atoms with E-state index in [-0.39, 0.29) is 0 Å². The number of methoxy groups -OCH3 is 1. The molecule has 32 heavy (non-hydrogen) atoms. The van der Waals surface area contributed by atoms with E-state index in [1.807, 2.05) is 30.3 Å². The molecule has 2 aromatic rings. The minimum Gasteiger partial charge on any atom is -0.497 e. The molecule has 0 saturated heterocycles. The summed E-state index contributed by atoms with van der Waals surface area (Å²) in [4.78, 5) is 0. The second kappa shape index (κ2) is 13.5. The third-order valence-electron chi connectivity index (χ3n) is 5.30. The summed E-state index contributed by atoms with van der Waals surface area (Å²) >= 11 is 0. The van der Waals surface area contributed by atoms with Crippen LogP contribution in [-0.4, -0.2) is 17.3 Å². The van der Waals surface area contributed by atoms with Crippen molar-refractivity contribution >= 4 is 6.08 Å². The molecule has 0 unspecified atom stereocenters. The van der Waals surface area contributed by atoms with Crippen molar-refractivity contribution in [1.82, 2.24) is 10.2 Å². The normalized spacial score (nSPS) is 12.8. The Bertz CT molecular complexity index is 956. The molecule has 1 aromatic carbocycles. The van der Waals surface area contributed by atoms with Gasteiger partial charge in [0.25, 0.3) is 0 Å². The second-order valence-electron chi connectivity index (χ2n) is 8.66. The van der Waals surface area contributed by atoms with E-state index in [2.05, 4.69) is 63.0 Å². The molecule has 172 valence electrons. The number of rotatable bonds is 12. The highest BCUT2D eigenvalue weighted by Crippen LogP contribution is 2.22. The van der Waals surface area contributed by atoms with Gasteiger partial charge in [0.05, 0.1) is 7.11 Å². The molecule has 4 heteroatoms. The van der Waals surface area contributed by atoms with Gasteiger partial charge in [-0.2, -0.15) is 0 Å². The molecule has 1 heterocycles. The van der Waals surface area contributed by atoms with Gasteiger partial charge in [0.1, 0.15) is 5.75 Å². The smallest absolute Gasteiger partial charge is 0.248 e. The van der Waals surface area contributed by atoms with Crippen LogP contribution in [0.1, 0.15) is 79.0 Å². The Balaban J connectivity index is 1.78. The maximum atomic E-state index is 5.79. The maximum absolute atomic E-state index is 5.79. The Morgan fingerprint density at radius 2 is 1.34 bits per heavy atom. The molecule has 2 rings (SSSR count). The Labute approximate surface area is 193 Å². The number of nitrogens with zero attached hydrogens (tertiary/aromatic N) is 2. The van der Waals surface area contributed by atoms with Crippen molar-refractivity contribution in [2.45, 2.75) is 73.1 Å². The molecule has 0 N–H and O–H groups in total. The largest absolute Gasteiger partial charge is 0.497 e. The quantitative estimate of drug-likeness (QED) is 0.315. The topological polar surface area (TPSA) is 48.2 Å². The number of aromatic nitrogens is 2. The zero-order valence-corrected chi connectivity index (χ0v) is 20.6.